The molecule has 0 spiro atoms. The molecule has 2 heterocycles. The lowest BCUT2D eigenvalue weighted by Crippen LogP contribution is -2.49. The monoisotopic (exact) mass is 313 g/mol. The predicted molar refractivity (Wildman–Crippen MR) is 84.1 cm³/mol. The van der Waals surface area contributed by atoms with Crippen LogP contribution in [0, 0.1) is 0 Å². The summed E-state index contributed by atoms with van der Waals surface area (Å²) in [5.74, 6) is 0.586. The highest BCUT2D eigenvalue weighted by Gasteiger charge is 2.35. The number of para-hydroxylation sites is 1. The second-order valence-corrected chi connectivity index (χ2v) is 5.71. The Morgan fingerprint density at radius 3 is 2.61 bits per heavy atom. The molecule has 6 heteroatoms. The van der Waals surface area contributed by atoms with Gasteiger partial charge in [-0.1, -0.05) is 18.2 Å². The molecule has 120 valence electrons. The number of ether oxygens (including phenoxy) is 1. The van der Waals surface area contributed by atoms with Crippen molar-refractivity contribution in [1.82, 2.24) is 14.9 Å². The SMILES string of the molecule is O=C(c1cnccn1)N1CCC(O)(COc2ccccc2)CC1. The van der Waals surface area contributed by atoms with Crippen molar-refractivity contribution in [1.29, 1.82) is 0 Å². The Morgan fingerprint density at radius 2 is 1.96 bits per heavy atom. The summed E-state index contributed by atoms with van der Waals surface area (Å²) in [4.78, 5) is 21.9. The van der Waals surface area contributed by atoms with Gasteiger partial charge in [0.2, 0.25) is 0 Å². The number of aliphatic hydroxyl groups is 1. The molecule has 3 rings (SSSR count). The summed E-state index contributed by atoms with van der Waals surface area (Å²) in [6.07, 6.45) is 5.45. The van der Waals surface area contributed by atoms with E-state index in [1.807, 2.05) is 30.3 Å². The highest BCUT2D eigenvalue weighted by Crippen LogP contribution is 2.24. The third-order valence-electron chi connectivity index (χ3n) is 4.01. The lowest BCUT2D eigenvalue weighted by molar-refractivity contribution is -0.0476. The van der Waals surface area contributed by atoms with Crippen molar-refractivity contribution in [3.8, 4) is 5.75 Å². The smallest absolute Gasteiger partial charge is 0.274 e. The van der Waals surface area contributed by atoms with Crippen LogP contribution in [0.4, 0.5) is 0 Å². The number of hydrogen-bond acceptors (Lipinski definition) is 5. The van der Waals surface area contributed by atoms with Crippen molar-refractivity contribution < 1.29 is 14.6 Å². The third-order valence-corrected chi connectivity index (χ3v) is 4.01. The van der Waals surface area contributed by atoms with Gasteiger partial charge in [0, 0.05) is 25.5 Å². The van der Waals surface area contributed by atoms with Gasteiger partial charge in [0.25, 0.3) is 5.91 Å². The molecule has 1 saturated heterocycles. The summed E-state index contributed by atoms with van der Waals surface area (Å²) in [5.41, 5.74) is -0.576. The maximum Gasteiger partial charge on any atom is 0.274 e. The first-order chi connectivity index (χ1) is 11.2. The number of amides is 1. The van der Waals surface area contributed by atoms with E-state index in [1.165, 1.54) is 18.6 Å². The molecule has 0 bridgehead atoms. The van der Waals surface area contributed by atoms with E-state index in [0.29, 0.717) is 31.6 Å². The molecular formula is C17H19N3O3. The maximum atomic E-state index is 12.3. The number of hydrogen-bond donors (Lipinski definition) is 1. The van der Waals surface area contributed by atoms with Gasteiger partial charge >= 0.3 is 0 Å². The standard InChI is InChI=1S/C17H19N3O3/c21-16(15-12-18-8-9-19-15)20-10-6-17(22,7-11-20)13-23-14-4-2-1-3-5-14/h1-5,8-9,12,22H,6-7,10-11,13H2. The number of nitrogens with zero attached hydrogens (tertiary/aromatic N) is 3. The molecule has 1 aliphatic heterocycles. The second-order valence-electron chi connectivity index (χ2n) is 5.71. The van der Waals surface area contributed by atoms with Crippen molar-refractivity contribution in [2.75, 3.05) is 19.7 Å². The summed E-state index contributed by atoms with van der Waals surface area (Å²) in [7, 11) is 0. The molecule has 6 nitrogen and oxygen atoms in total. The van der Waals surface area contributed by atoms with Crippen LogP contribution in [0.2, 0.25) is 0 Å². The largest absolute Gasteiger partial charge is 0.491 e. The fourth-order valence-electron chi connectivity index (χ4n) is 2.58. The van der Waals surface area contributed by atoms with Gasteiger partial charge in [0.1, 0.15) is 23.7 Å². The fraction of sp³-hybridized carbons (Fsp3) is 0.353. The van der Waals surface area contributed by atoms with E-state index in [1.54, 1.807) is 4.90 Å². The van der Waals surface area contributed by atoms with Crippen molar-refractivity contribution in [2.45, 2.75) is 18.4 Å². The lowest BCUT2D eigenvalue weighted by atomic mass is 9.92. The highest BCUT2D eigenvalue weighted by atomic mass is 16.5. The van der Waals surface area contributed by atoms with E-state index in [9.17, 15) is 9.90 Å². The van der Waals surface area contributed by atoms with Crippen molar-refractivity contribution in [2.24, 2.45) is 0 Å². The van der Waals surface area contributed by atoms with E-state index >= 15 is 0 Å². The molecule has 0 saturated carbocycles. The Morgan fingerprint density at radius 1 is 1.22 bits per heavy atom. The number of benzene rings is 1. The molecule has 2 aromatic rings. The topological polar surface area (TPSA) is 75.6 Å². The van der Waals surface area contributed by atoms with Gasteiger partial charge in [0.15, 0.2) is 0 Å². The van der Waals surface area contributed by atoms with E-state index in [2.05, 4.69) is 9.97 Å². The van der Waals surface area contributed by atoms with Crippen molar-refractivity contribution >= 4 is 5.91 Å². The summed E-state index contributed by atoms with van der Waals surface area (Å²) in [5, 5.41) is 10.6. The van der Waals surface area contributed by atoms with Gasteiger partial charge in [0.05, 0.1) is 6.20 Å². The van der Waals surface area contributed by atoms with Crippen LogP contribution in [-0.2, 0) is 0 Å². The van der Waals surface area contributed by atoms with E-state index in [-0.39, 0.29) is 12.5 Å². The first-order valence-electron chi connectivity index (χ1n) is 7.62. The van der Waals surface area contributed by atoms with Crippen molar-refractivity contribution in [3.05, 3.63) is 54.6 Å². The zero-order valence-electron chi connectivity index (χ0n) is 12.8. The van der Waals surface area contributed by atoms with Gasteiger partial charge in [-0.05, 0) is 25.0 Å². The Labute approximate surface area is 134 Å². The molecular weight excluding hydrogens is 294 g/mol. The number of piperidine rings is 1. The normalized spacial score (nSPS) is 16.8. The van der Waals surface area contributed by atoms with Crippen LogP contribution in [0.3, 0.4) is 0 Å². The molecule has 23 heavy (non-hydrogen) atoms. The van der Waals surface area contributed by atoms with Crippen LogP contribution in [0.5, 0.6) is 5.75 Å². The van der Waals surface area contributed by atoms with Crippen LogP contribution < -0.4 is 4.74 Å². The number of aromatic nitrogens is 2. The summed E-state index contributed by atoms with van der Waals surface area (Å²) < 4.78 is 5.65. The summed E-state index contributed by atoms with van der Waals surface area (Å²) >= 11 is 0. The van der Waals surface area contributed by atoms with Crippen LogP contribution in [0.25, 0.3) is 0 Å². The summed E-state index contributed by atoms with van der Waals surface area (Å²) in [6, 6.07) is 9.41. The lowest BCUT2D eigenvalue weighted by Gasteiger charge is -2.37. The predicted octanol–water partition coefficient (Wildman–Crippen LogP) is 1.52. The van der Waals surface area contributed by atoms with Gasteiger partial charge in [-0.3, -0.25) is 9.78 Å². The average Bonchev–Trinajstić information content (AvgIpc) is 2.62. The van der Waals surface area contributed by atoms with Gasteiger partial charge in [-0.2, -0.15) is 0 Å². The van der Waals surface area contributed by atoms with Gasteiger partial charge in [-0.15, -0.1) is 0 Å². The Balaban J connectivity index is 1.54. The number of carbonyl (C=O) groups excluding carboxylic acids is 1. The first kappa shape index (κ1) is 15.4. The minimum atomic E-state index is -0.908. The second kappa shape index (κ2) is 6.75. The van der Waals surface area contributed by atoms with E-state index in [0.717, 1.165) is 5.75 Å². The molecule has 1 N–H and O–H groups in total. The zero-order valence-corrected chi connectivity index (χ0v) is 12.8. The molecule has 0 unspecified atom stereocenters. The van der Waals surface area contributed by atoms with Crippen LogP contribution >= 0.6 is 0 Å². The van der Waals surface area contributed by atoms with Crippen molar-refractivity contribution in [3.63, 3.8) is 0 Å². The minimum Gasteiger partial charge on any atom is -0.491 e. The number of likely N-dealkylation sites (tertiary alicyclic amines) is 1. The molecule has 1 fully saturated rings. The minimum absolute atomic E-state index is 0.149. The molecule has 0 atom stereocenters. The van der Waals surface area contributed by atoms with Gasteiger partial charge < -0.3 is 14.7 Å². The molecule has 1 amide bonds. The van der Waals surface area contributed by atoms with E-state index in [4.69, 9.17) is 4.74 Å². The van der Waals surface area contributed by atoms with Crippen LogP contribution in [0.1, 0.15) is 23.3 Å². The average molecular weight is 313 g/mol. The Kier molecular flexibility index (Phi) is 4.52. The van der Waals surface area contributed by atoms with Crippen LogP contribution in [-0.4, -0.2) is 51.2 Å². The molecule has 1 aromatic carbocycles. The third kappa shape index (κ3) is 3.84. The van der Waals surface area contributed by atoms with Crippen LogP contribution in [0.15, 0.2) is 48.9 Å². The quantitative estimate of drug-likeness (QED) is 0.926. The van der Waals surface area contributed by atoms with E-state index < -0.39 is 5.60 Å². The highest BCUT2D eigenvalue weighted by molar-refractivity contribution is 5.92. The number of rotatable bonds is 4. The first-order valence-corrected chi connectivity index (χ1v) is 7.62. The molecule has 1 aliphatic rings. The molecule has 0 radical (unpaired) electrons. The Hall–Kier alpha value is -2.47. The Bertz CT molecular complexity index is 641. The fourth-order valence-corrected chi connectivity index (χ4v) is 2.58. The molecule has 0 aliphatic carbocycles. The summed E-state index contributed by atoms with van der Waals surface area (Å²) in [6.45, 7) is 1.18. The zero-order chi connectivity index (χ0) is 16.1. The number of carbonyl (C=O) groups is 1. The van der Waals surface area contributed by atoms with Gasteiger partial charge in [-0.25, -0.2) is 4.98 Å². The maximum absolute atomic E-state index is 12.3. The molecule has 1 aromatic heterocycles.